The van der Waals surface area contributed by atoms with Crippen LogP contribution in [-0.4, -0.2) is 62.4 Å². The fraction of sp³-hybridized carbons (Fsp3) is 0.611. The standard InChI is InChI=1S/C18H26ClN3O3.2ClH/c19-14-3-1-13(2-4-14)16(22-7-9-24-10-8-22)12-21-18(23)17-6-5-15(11-20)25-17;;/h1-4,15-17H,5-12,20H2,(H,21,23);2*1H/t15-,16?,17+;;/m1../s1. The van der Waals surface area contributed by atoms with Gasteiger partial charge in [0.1, 0.15) is 6.10 Å². The molecule has 2 aliphatic rings. The number of nitrogens with one attached hydrogen (secondary N) is 1. The first-order valence-corrected chi connectivity index (χ1v) is 9.25. The minimum absolute atomic E-state index is 0. The van der Waals surface area contributed by atoms with Gasteiger partial charge in [-0.15, -0.1) is 24.8 Å². The second-order valence-electron chi connectivity index (χ2n) is 6.52. The van der Waals surface area contributed by atoms with Crippen molar-refractivity contribution in [1.82, 2.24) is 10.2 Å². The number of nitrogens with zero attached hydrogens (tertiary/aromatic N) is 1. The van der Waals surface area contributed by atoms with Crippen LogP contribution >= 0.6 is 36.4 Å². The van der Waals surface area contributed by atoms with Crippen LogP contribution < -0.4 is 11.1 Å². The van der Waals surface area contributed by atoms with E-state index in [1.165, 1.54) is 0 Å². The number of morpholine rings is 1. The molecule has 2 fully saturated rings. The summed E-state index contributed by atoms with van der Waals surface area (Å²) in [5, 5.41) is 3.77. The lowest BCUT2D eigenvalue weighted by Gasteiger charge is -2.35. The Morgan fingerprint density at radius 2 is 1.89 bits per heavy atom. The number of benzene rings is 1. The molecule has 1 aromatic rings. The number of halogens is 3. The number of amides is 1. The smallest absolute Gasteiger partial charge is 0.249 e. The third-order valence-corrected chi connectivity index (χ3v) is 5.13. The Bertz CT molecular complexity index is 571. The molecule has 9 heteroatoms. The molecule has 3 rings (SSSR count). The van der Waals surface area contributed by atoms with Gasteiger partial charge in [0.25, 0.3) is 0 Å². The van der Waals surface area contributed by atoms with Crippen molar-refractivity contribution in [2.45, 2.75) is 31.1 Å². The molecule has 2 saturated heterocycles. The van der Waals surface area contributed by atoms with Gasteiger partial charge in [0, 0.05) is 31.2 Å². The maximum absolute atomic E-state index is 12.4. The Morgan fingerprint density at radius 3 is 2.48 bits per heavy atom. The van der Waals surface area contributed by atoms with Crippen molar-refractivity contribution in [3.05, 3.63) is 34.9 Å². The van der Waals surface area contributed by atoms with Gasteiger partial charge in [-0.3, -0.25) is 9.69 Å². The molecule has 0 aromatic heterocycles. The number of hydrogen-bond donors (Lipinski definition) is 2. The van der Waals surface area contributed by atoms with Crippen LogP contribution in [0.5, 0.6) is 0 Å². The van der Waals surface area contributed by atoms with Gasteiger partial charge >= 0.3 is 0 Å². The second-order valence-corrected chi connectivity index (χ2v) is 6.96. The summed E-state index contributed by atoms with van der Waals surface area (Å²) in [6, 6.07) is 7.91. The fourth-order valence-electron chi connectivity index (χ4n) is 3.41. The van der Waals surface area contributed by atoms with Crippen molar-refractivity contribution in [3.63, 3.8) is 0 Å². The topological polar surface area (TPSA) is 76.8 Å². The van der Waals surface area contributed by atoms with Crippen molar-refractivity contribution in [1.29, 1.82) is 0 Å². The molecule has 0 saturated carbocycles. The highest BCUT2D eigenvalue weighted by atomic mass is 35.5. The Labute approximate surface area is 177 Å². The molecule has 0 spiro atoms. The molecule has 3 atom stereocenters. The van der Waals surface area contributed by atoms with E-state index in [9.17, 15) is 4.79 Å². The molecule has 0 radical (unpaired) electrons. The molecule has 2 aliphatic heterocycles. The maximum Gasteiger partial charge on any atom is 0.249 e. The van der Waals surface area contributed by atoms with Gasteiger partial charge in [-0.2, -0.15) is 0 Å². The molecule has 1 amide bonds. The summed E-state index contributed by atoms with van der Waals surface area (Å²) >= 11 is 6.01. The van der Waals surface area contributed by atoms with E-state index < -0.39 is 0 Å². The Morgan fingerprint density at radius 1 is 1.22 bits per heavy atom. The Kier molecular flexibility index (Phi) is 10.9. The molecule has 3 N–H and O–H groups in total. The molecule has 6 nitrogen and oxygen atoms in total. The fourth-order valence-corrected chi connectivity index (χ4v) is 3.54. The summed E-state index contributed by atoms with van der Waals surface area (Å²) in [6.07, 6.45) is 1.20. The van der Waals surface area contributed by atoms with Gasteiger partial charge in [0.05, 0.1) is 25.4 Å². The Balaban J connectivity index is 0.00000182. The normalized spacial score (nSPS) is 23.8. The Hall–Kier alpha value is -0.600. The summed E-state index contributed by atoms with van der Waals surface area (Å²) in [6.45, 7) is 4.11. The number of carbonyl (C=O) groups is 1. The zero-order chi connectivity index (χ0) is 17.6. The molecule has 154 valence electrons. The van der Waals surface area contributed by atoms with Crippen LogP contribution in [0.25, 0.3) is 0 Å². The highest BCUT2D eigenvalue weighted by Gasteiger charge is 2.31. The molecular formula is C18H28Cl3N3O3. The lowest BCUT2D eigenvalue weighted by atomic mass is 10.0. The van der Waals surface area contributed by atoms with Crippen LogP contribution in [0.1, 0.15) is 24.4 Å². The van der Waals surface area contributed by atoms with Crippen molar-refractivity contribution >= 4 is 42.3 Å². The largest absolute Gasteiger partial charge is 0.379 e. The predicted octanol–water partition coefficient (Wildman–Crippen LogP) is 2.18. The van der Waals surface area contributed by atoms with Gasteiger partial charge in [-0.25, -0.2) is 0 Å². The first kappa shape index (κ1) is 24.4. The summed E-state index contributed by atoms with van der Waals surface area (Å²) in [4.78, 5) is 14.8. The van der Waals surface area contributed by atoms with E-state index in [-0.39, 0.29) is 49.0 Å². The van der Waals surface area contributed by atoms with Gasteiger partial charge < -0.3 is 20.5 Å². The maximum atomic E-state index is 12.4. The van der Waals surface area contributed by atoms with Crippen LogP contribution in [0.2, 0.25) is 5.02 Å². The monoisotopic (exact) mass is 439 g/mol. The zero-order valence-electron chi connectivity index (χ0n) is 15.1. The van der Waals surface area contributed by atoms with E-state index >= 15 is 0 Å². The average Bonchev–Trinajstić information content (AvgIpc) is 3.13. The van der Waals surface area contributed by atoms with Crippen molar-refractivity contribution in [2.75, 3.05) is 39.4 Å². The van der Waals surface area contributed by atoms with Gasteiger partial charge in [-0.05, 0) is 30.5 Å². The molecule has 0 bridgehead atoms. The lowest BCUT2D eigenvalue weighted by Crippen LogP contribution is -2.45. The quantitative estimate of drug-likeness (QED) is 0.709. The number of carbonyl (C=O) groups excluding carboxylic acids is 1. The van der Waals surface area contributed by atoms with Crippen LogP contribution in [0.15, 0.2) is 24.3 Å². The van der Waals surface area contributed by atoms with E-state index in [1.54, 1.807) is 0 Å². The first-order valence-electron chi connectivity index (χ1n) is 8.88. The molecule has 27 heavy (non-hydrogen) atoms. The number of hydrogen-bond acceptors (Lipinski definition) is 5. The van der Waals surface area contributed by atoms with Crippen LogP contribution in [0, 0.1) is 0 Å². The molecule has 0 aliphatic carbocycles. The van der Waals surface area contributed by atoms with E-state index in [2.05, 4.69) is 10.2 Å². The number of nitrogens with two attached hydrogens (primary N) is 1. The minimum Gasteiger partial charge on any atom is -0.379 e. The van der Waals surface area contributed by atoms with Crippen LogP contribution in [0.4, 0.5) is 0 Å². The van der Waals surface area contributed by atoms with E-state index in [0.29, 0.717) is 31.3 Å². The second kappa shape index (κ2) is 12.1. The average molecular weight is 441 g/mol. The van der Waals surface area contributed by atoms with Crippen molar-refractivity contribution < 1.29 is 14.3 Å². The first-order chi connectivity index (χ1) is 12.2. The summed E-state index contributed by atoms with van der Waals surface area (Å²) in [5.74, 6) is -0.0526. The number of rotatable bonds is 6. The summed E-state index contributed by atoms with van der Waals surface area (Å²) < 4.78 is 11.1. The third kappa shape index (κ3) is 6.75. The zero-order valence-corrected chi connectivity index (χ0v) is 17.5. The molecule has 1 unspecified atom stereocenters. The van der Waals surface area contributed by atoms with Crippen LogP contribution in [0.3, 0.4) is 0 Å². The minimum atomic E-state index is -0.385. The summed E-state index contributed by atoms with van der Waals surface area (Å²) in [7, 11) is 0. The SMILES string of the molecule is Cl.Cl.NC[C@H]1CC[C@@H](C(=O)NCC(c2ccc(Cl)cc2)N2CCOCC2)O1. The van der Waals surface area contributed by atoms with Crippen molar-refractivity contribution in [2.24, 2.45) is 5.73 Å². The summed E-state index contributed by atoms with van der Waals surface area (Å²) in [5.41, 5.74) is 6.76. The number of ether oxygens (including phenoxy) is 2. The predicted molar refractivity (Wildman–Crippen MR) is 111 cm³/mol. The van der Waals surface area contributed by atoms with Gasteiger partial charge in [0.15, 0.2) is 0 Å². The van der Waals surface area contributed by atoms with E-state index in [1.807, 2.05) is 24.3 Å². The van der Waals surface area contributed by atoms with Crippen molar-refractivity contribution in [3.8, 4) is 0 Å². The molecular weight excluding hydrogens is 413 g/mol. The van der Waals surface area contributed by atoms with E-state index in [0.717, 1.165) is 31.5 Å². The molecule has 2 heterocycles. The lowest BCUT2D eigenvalue weighted by molar-refractivity contribution is -0.132. The van der Waals surface area contributed by atoms with E-state index in [4.69, 9.17) is 26.8 Å². The third-order valence-electron chi connectivity index (χ3n) is 4.87. The highest BCUT2D eigenvalue weighted by Crippen LogP contribution is 2.24. The highest BCUT2D eigenvalue weighted by molar-refractivity contribution is 6.30. The van der Waals surface area contributed by atoms with Gasteiger partial charge in [-0.1, -0.05) is 23.7 Å². The molecule has 1 aromatic carbocycles. The van der Waals surface area contributed by atoms with Gasteiger partial charge in [0.2, 0.25) is 5.91 Å². The van der Waals surface area contributed by atoms with Crippen LogP contribution in [-0.2, 0) is 14.3 Å².